The second-order valence-electron chi connectivity index (χ2n) is 6.01. The van der Waals surface area contributed by atoms with Crippen molar-refractivity contribution < 1.29 is 9.90 Å². The minimum atomic E-state index is -0.720. The Labute approximate surface area is 125 Å². The first-order valence-corrected chi connectivity index (χ1v) is 7.55. The molecule has 1 saturated carbocycles. The Morgan fingerprint density at radius 3 is 2.57 bits per heavy atom. The number of carboxylic acid groups (broad SMARTS) is 1. The molecule has 0 saturated heterocycles. The van der Waals surface area contributed by atoms with E-state index in [1.807, 2.05) is 25.1 Å². The van der Waals surface area contributed by atoms with Crippen LogP contribution in [0.1, 0.15) is 49.7 Å². The zero-order chi connectivity index (χ0) is 15.3. The SMILES string of the molecule is Cc1ccc(NCC2(C(=O)O)CCCCCC2)c(C#N)c1. The van der Waals surface area contributed by atoms with Gasteiger partial charge >= 0.3 is 5.97 Å². The van der Waals surface area contributed by atoms with Crippen LogP contribution in [0.5, 0.6) is 0 Å². The summed E-state index contributed by atoms with van der Waals surface area (Å²) in [5.41, 5.74) is 1.63. The molecular formula is C17H22N2O2. The summed E-state index contributed by atoms with van der Waals surface area (Å²) in [6.07, 6.45) is 5.58. The van der Waals surface area contributed by atoms with E-state index in [-0.39, 0.29) is 0 Å². The lowest BCUT2D eigenvalue weighted by Crippen LogP contribution is -2.37. The van der Waals surface area contributed by atoms with Crippen LogP contribution in [0, 0.1) is 23.7 Å². The molecule has 2 rings (SSSR count). The van der Waals surface area contributed by atoms with E-state index in [9.17, 15) is 15.2 Å². The molecule has 0 radical (unpaired) electrons. The number of hydrogen-bond acceptors (Lipinski definition) is 3. The highest BCUT2D eigenvalue weighted by molar-refractivity contribution is 5.76. The third-order valence-corrected chi connectivity index (χ3v) is 4.43. The molecule has 1 fully saturated rings. The second-order valence-corrected chi connectivity index (χ2v) is 6.01. The summed E-state index contributed by atoms with van der Waals surface area (Å²) in [4.78, 5) is 11.8. The van der Waals surface area contributed by atoms with Crippen LogP contribution in [0.3, 0.4) is 0 Å². The summed E-state index contributed by atoms with van der Waals surface area (Å²) < 4.78 is 0. The fourth-order valence-electron chi connectivity index (χ4n) is 3.04. The van der Waals surface area contributed by atoms with E-state index in [2.05, 4.69) is 11.4 Å². The average molecular weight is 286 g/mol. The molecular weight excluding hydrogens is 264 g/mol. The number of hydrogen-bond donors (Lipinski definition) is 2. The van der Waals surface area contributed by atoms with Gasteiger partial charge < -0.3 is 10.4 Å². The number of benzene rings is 1. The van der Waals surface area contributed by atoms with Crippen LogP contribution in [0.25, 0.3) is 0 Å². The zero-order valence-corrected chi connectivity index (χ0v) is 12.5. The topological polar surface area (TPSA) is 73.1 Å². The standard InChI is InChI=1S/C17H22N2O2/c1-13-6-7-15(14(10-13)11-18)19-12-17(16(20)21)8-4-2-3-5-9-17/h6-7,10,19H,2-5,8-9,12H2,1H3,(H,20,21). The zero-order valence-electron chi connectivity index (χ0n) is 12.5. The molecule has 0 aromatic heterocycles. The summed E-state index contributed by atoms with van der Waals surface area (Å²) in [5.74, 6) is -0.720. The number of nitrogens with one attached hydrogen (secondary N) is 1. The van der Waals surface area contributed by atoms with Crippen molar-refractivity contribution >= 4 is 11.7 Å². The minimum Gasteiger partial charge on any atom is -0.481 e. The van der Waals surface area contributed by atoms with Gasteiger partial charge in [-0.25, -0.2) is 0 Å². The van der Waals surface area contributed by atoms with Crippen molar-refractivity contribution in [3.05, 3.63) is 29.3 Å². The number of aryl methyl sites for hydroxylation is 1. The third kappa shape index (κ3) is 3.55. The number of carboxylic acids is 1. The maximum Gasteiger partial charge on any atom is 0.311 e. The summed E-state index contributed by atoms with van der Waals surface area (Å²) in [7, 11) is 0. The van der Waals surface area contributed by atoms with E-state index in [1.165, 1.54) is 0 Å². The molecule has 0 bridgehead atoms. The number of anilines is 1. The summed E-state index contributed by atoms with van der Waals surface area (Å²) in [6, 6.07) is 7.79. The van der Waals surface area contributed by atoms with Crippen LogP contribution in [0.15, 0.2) is 18.2 Å². The Kier molecular flexibility index (Phi) is 4.85. The molecule has 0 atom stereocenters. The molecule has 0 aliphatic heterocycles. The lowest BCUT2D eigenvalue weighted by Gasteiger charge is -2.29. The van der Waals surface area contributed by atoms with Crippen molar-refractivity contribution in [1.29, 1.82) is 5.26 Å². The van der Waals surface area contributed by atoms with E-state index in [1.54, 1.807) is 0 Å². The molecule has 1 aliphatic carbocycles. The van der Waals surface area contributed by atoms with Gasteiger partial charge in [0.25, 0.3) is 0 Å². The van der Waals surface area contributed by atoms with Gasteiger partial charge in [-0.3, -0.25) is 4.79 Å². The van der Waals surface area contributed by atoms with Crippen molar-refractivity contribution in [3.8, 4) is 6.07 Å². The van der Waals surface area contributed by atoms with Crippen molar-refractivity contribution in [2.45, 2.75) is 45.4 Å². The van der Waals surface area contributed by atoms with Gasteiger partial charge in [-0.1, -0.05) is 31.7 Å². The third-order valence-electron chi connectivity index (χ3n) is 4.43. The predicted molar refractivity (Wildman–Crippen MR) is 82.2 cm³/mol. The van der Waals surface area contributed by atoms with Crippen LogP contribution >= 0.6 is 0 Å². The van der Waals surface area contributed by atoms with E-state index in [0.717, 1.165) is 36.9 Å². The molecule has 0 unspecified atom stereocenters. The Hall–Kier alpha value is -2.02. The maximum atomic E-state index is 11.8. The van der Waals surface area contributed by atoms with Gasteiger partial charge in [-0.15, -0.1) is 0 Å². The van der Waals surface area contributed by atoms with E-state index in [4.69, 9.17) is 0 Å². The lowest BCUT2D eigenvalue weighted by molar-refractivity contribution is -0.149. The molecule has 0 amide bonds. The maximum absolute atomic E-state index is 11.8. The van der Waals surface area contributed by atoms with Crippen LogP contribution < -0.4 is 5.32 Å². The Balaban J connectivity index is 2.16. The summed E-state index contributed by atoms with van der Waals surface area (Å²) >= 11 is 0. The van der Waals surface area contributed by atoms with Crippen molar-refractivity contribution in [2.24, 2.45) is 5.41 Å². The first kappa shape index (κ1) is 15.4. The molecule has 1 aliphatic rings. The first-order valence-electron chi connectivity index (χ1n) is 7.55. The van der Waals surface area contributed by atoms with Crippen LogP contribution in [0.4, 0.5) is 5.69 Å². The Morgan fingerprint density at radius 2 is 2.00 bits per heavy atom. The fraction of sp³-hybridized carbons (Fsp3) is 0.529. The Bertz CT molecular complexity index is 552. The van der Waals surface area contributed by atoms with Gasteiger partial charge in [0.2, 0.25) is 0 Å². The van der Waals surface area contributed by atoms with E-state index >= 15 is 0 Å². The minimum absolute atomic E-state index is 0.389. The molecule has 2 N–H and O–H groups in total. The summed E-state index contributed by atoms with van der Waals surface area (Å²) in [6.45, 7) is 2.33. The van der Waals surface area contributed by atoms with Crippen molar-refractivity contribution in [1.82, 2.24) is 0 Å². The molecule has 21 heavy (non-hydrogen) atoms. The molecule has 1 aromatic carbocycles. The van der Waals surface area contributed by atoms with Crippen molar-refractivity contribution in [2.75, 3.05) is 11.9 Å². The summed E-state index contributed by atoms with van der Waals surface area (Å²) in [5, 5.41) is 22.1. The van der Waals surface area contributed by atoms with Gasteiger partial charge in [0.15, 0.2) is 0 Å². The number of nitrogens with zero attached hydrogens (tertiary/aromatic N) is 1. The molecule has 1 aromatic rings. The largest absolute Gasteiger partial charge is 0.481 e. The number of rotatable bonds is 4. The van der Waals surface area contributed by atoms with Crippen molar-refractivity contribution in [3.63, 3.8) is 0 Å². The predicted octanol–water partition coefficient (Wildman–Crippen LogP) is 3.70. The smallest absolute Gasteiger partial charge is 0.311 e. The highest BCUT2D eigenvalue weighted by Crippen LogP contribution is 2.36. The quantitative estimate of drug-likeness (QED) is 0.828. The molecule has 4 heteroatoms. The molecule has 0 spiro atoms. The van der Waals surface area contributed by atoms with Gasteiger partial charge in [0.1, 0.15) is 6.07 Å². The number of carbonyl (C=O) groups is 1. The molecule has 112 valence electrons. The van der Waals surface area contributed by atoms with Gasteiger partial charge in [0, 0.05) is 6.54 Å². The van der Waals surface area contributed by atoms with E-state index < -0.39 is 11.4 Å². The normalized spacial score (nSPS) is 17.5. The van der Waals surface area contributed by atoms with Crippen LogP contribution in [-0.4, -0.2) is 17.6 Å². The first-order chi connectivity index (χ1) is 10.1. The second kappa shape index (κ2) is 6.62. The number of nitriles is 1. The monoisotopic (exact) mass is 286 g/mol. The fourth-order valence-corrected chi connectivity index (χ4v) is 3.04. The van der Waals surface area contributed by atoms with Gasteiger partial charge in [-0.2, -0.15) is 5.26 Å². The highest BCUT2D eigenvalue weighted by Gasteiger charge is 2.38. The average Bonchev–Trinajstić information content (AvgIpc) is 2.72. The highest BCUT2D eigenvalue weighted by atomic mass is 16.4. The Morgan fingerprint density at radius 1 is 1.33 bits per heavy atom. The number of aliphatic carboxylic acids is 1. The van der Waals surface area contributed by atoms with Crippen LogP contribution in [-0.2, 0) is 4.79 Å². The molecule has 4 nitrogen and oxygen atoms in total. The van der Waals surface area contributed by atoms with Gasteiger partial charge in [-0.05, 0) is 37.5 Å². The lowest BCUT2D eigenvalue weighted by atomic mass is 9.80. The molecule has 0 heterocycles. The van der Waals surface area contributed by atoms with Gasteiger partial charge in [0.05, 0.1) is 16.7 Å². The van der Waals surface area contributed by atoms with Crippen LogP contribution in [0.2, 0.25) is 0 Å². The van der Waals surface area contributed by atoms with E-state index in [0.29, 0.717) is 24.9 Å².